The third-order valence-electron chi connectivity index (χ3n) is 4.70. The van der Waals surface area contributed by atoms with Crippen LogP contribution in [-0.4, -0.2) is 10.5 Å². The van der Waals surface area contributed by atoms with Gasteiger partial charge in [-0.25, -0.2) is 0 Å². The van der Waals surface area contributed by atoms with Gasteiger partial charge in [-0.15, -0.1) is 0 Å². The highest BCUT2D eigenvalue weighted by Gasteiger charge is 2.27. The van der Waals surface area contributed by atoms with Gasteiger partial charge in [-0.05, 0) is 57.0 Å². The van der Waals surface area contributed by atoms with Crippen molar-refractivity contribution in [1.29, 1.82) is 0 Å². The number of aryl methyl sites for hydroxylation is 1. The van der Waals surface area contributed by atoms with Gasteiger partial charge in [0, 0.05) is 33.4 Å². The van der Waals surface area contributed by atoms with Crippen LogP contribution in [0, 0.1) is 6.92 Å². The van der Waals surface area contributed by atoms with E-state index in [0.29, 0.717) is 0 Å². The number of H-pyrrole nitrogens is 1. The number of halogens is 1. The highest BCUT2D eigenvalue weighted by atomic mass is 35.5. The lowest BCUT2D eigenvalue weighted by atomic mass is 9.88. The molecule has 1 aliphatic rings. The Morgan fingerprint density at radius 1 is 1.04 bits per heavy atom. The average Bonchev–Trinajstić information content (AvgIpc) is 2.92. The maximum Gasteiger partial charge on any atom is 0.0595 e. The highest BCUT2D eigenvalue weighted by molar-refractivity contribution is 6.36. The molecule has 0 radical (unpaired) electrons. The fraction of sp³-hybridized carbons (Fsp3) is 0.238. The Labute approximate surface area is 147 Å². The van der Waals surface area contributed by atoms with Gasteiger partial charge < -0.3 is 10.3 Å². The predicted octanol–water partition coefficient (Wildman–Crippen LogP) is 6.40. The lowest BCUT2D eigenvalue weighted by Crippen LogP contribution is -2.32. The molecule has 122 valence electrons. The molecule has 0 fully saturated rings. The van der Waals surface area contributed by atoms with E-state index < -0.39 is 0 Å². The van der Waals surface area contributed by atoms with E-state index in [1.54, 1.807) is 0 Å². The number of nitrogens with one attached hydrogen (secondary N) is 2. The highest BCUT2D eigenvalue weighted by Crippen LogP contribution is 2.44. The smallest absolute Gasteiger partial charge is 0.0595 e. The van der Waals surface area contributed by atoms with Crippen LogP contribution in [0.15, 0.2) is 42.5 Å². The van der Waals surface area contributed by atoms with Crippen molar-refractivity contribution in [3.8, 4) is 11.3 Å². The minimum atomic E-state index is -0.0617. The van der Waals surface area contributed by atoms with Gasteiger partial charge in [-0.2, -0.15) is 0 Å². The third kappa shape index (κ3) is 2.33. The van der Waals surface area contributed by atoms with E-state index in [0.717, 1.165) is 33.0 Å². The maximum absolute atomic E-state index is 6.85. The molecule has 1 aromatic heterocycles. The molecule has 2 nitrogen and oxygen atoms in total. The first-order valence-electron chi connectivity index (χ1n) is 8.25. The quantitative estimate of drug-likeness (QED) is 0.528. The number of hydrogen-bond donors (Lipinski definition) is 2. The SMILES string of the molecule is CC1=CC(C)(C)Nc2c(C)cc(-c3cc4ccccc4[nH]3)c(Cl)c21. The van der Waals surface area contributed by atoms with Crippen LogP contribution in [0.2, 0.25) is 5.02 Å². The van der Waals surface area contributed by atoms with Crippen LogP contribution in [0.1, 0.15) is 31.9 Å². The summed E-state index contributed by atoms with van der Waals surface area (Å²) in [7, 11) is 0. The van der Waals surface area contributed by atoms with E-state index in [2.05, 4.69) is 74.4 Å². The summed E-state index contributed by atoms with van der Waals surface area (Å²) < 4.78 is 0. The molecular formula is C21H21ClN2. The Bertz CT molecular complexity index is 959. The first-order chi connectivity index (χ1) is 11.4. The van der Waals surface area contributed by atoms with E-state index in [-0.39, 0.29) is 5.54 Å². The van der Waals surface area contributed by atoms with Gasteiger partial charge >= 0.3 is 0 Å². The van der Waals surface area contributed by atoms with Crippen molar-refractivity contribution < 1.29 is 0 Å². The standard InChI is InChI=1S/C21H21ClN2/c1-12-9-15(17-10-14-7-5-6-8-16(14)23-17)19(22)18-13(2)11-21(3,4)24-20(12)18/h5-11,23-24H,1-4H3. The number of benzene rings is 2. The normalized spacial score (nSPS) is 15.8. The number of aromatic amines is 1. The molecular weight excluding hydrogens is 316 g/mol. The minimum absolute atomic E-state index is 0.0617. The molecule has 0 unspecified atom stereocenters. The number of fused-ring (bicyclic) bond motifs is 2. The van der Waals surface area contributed by atoms with Crippen LogP contribution in [0.5, 0.6) is 0 Å². The van der Waals surface area contributed by atoms with Gasteiger partial charge in [-0.3, -0.25) is 0 Å². The van der Waals surface area contributed by atoms with E-state index in [4.69, 9.17) is 11.6 Å². The summed E-state index contributed by atoms with van der Waals surface area (Å²) in [4.78, 5) is 3.49. The number of hydrogen-bond acceptors (Lipinski definition) is 1. The molecule has 0 saturated carbocycles. The van der Waals surface area contributed by atoms with Crippen LogP contribution < -0.4 is 5.32 Å². The lowest BCUT2D eigenvalue weighted by Gasteiger charge is -2.33. The van der Waals surface area contributed by atoms with Crippen molar-refractivity contribution in [3.05, 3.63) is 58.6 Å². The summed E-state index contributed by atoms with van der Waals surface area (Å²) in [6.07, 6.45) is 2.25. The molecule has 24 heavy (non-hydrogen) atoms. The molecule has 0 atom stereocenters. The van der Waals surface area contributed by atoms with E-state index in [1.807, 2.05) is 6.07 Å². The number of rotatable bonds is 1. The van der Waals surface area contributed by atoms with Crippen molar-refractivity contribution in [2.45, 2.75) is 33.2 Å². The summed E-state index contributed by atoms with van der Waals surface area (Å²) in [6, 6.07) is 12.6. The summed E-state index contributed by atoms with van der Waals surface area (Å²) in [5.74, 6) is 0. The topological polar surface area (TPSA) is 27.8 Å². The summed E-state index contributed by atoms with van der Waals surface area (Å²) >= 11 is 6.85. The van der Waals surface area contributed by atoms with Crippen LogP contribution in [-0.2, 0) is 0 Å². The van der Waals surface area contributed by atoms with Gasteiger partial charge in [0.15, 0.2) is 0 Å². The maximum atomic E-state index is 6.85. The molecule has 0 saturated heterocycles. The number of aromatic nitrogens is 1. The number of allylic oxidation sites excluding steroid dienone is 1. The van der Waals surface area contributed by atoms with Crippen LogP contribution in [0.3, 0.4) is 0 Å². The molecule has 2 N–H and O–H groups in total. The Morgan fingerprint density at radius 3 is 2.54 bits per heavy atom. The Kier molecular flexibility index (Phi) is 3.29. The van der Waals surface area contributed by atoms with Crippen LogP contribution >= 0.6 is 11.6 Å². The van der Waals surface area contributed by atoms with Crippen LogP contribution in [0.4, 0.5) is 5.69 Å². The van der Waals surface area contributed by atoms with Gasteiger partial charge in [0.25, 0.3) is 0 Å². The second-order valence-electron chi connectivity index (χ2n) is 7.25. The molecule has 2 aromatic carbocycles. The number of para-hydroxylation sites is 1. The molecule has 0 spiro atoms. The second-order valence-corrected chi connectivity index (χ2v) is 7.63. The minimum Gasteiger partial charge on any atom is -0.376 e. The molecule has 4 rings (SSSR count). The first-order valence-corrected chi connectivity index (χ1v) is 8.63. The Balaban J connectivity index is 1.96. The third-order valence-corrected chi connectivity index (χ3v) is 5.09. The molecule has 3 heteroatoms. The predicted molar refractivity (Wildman–Crippen MR) is 105 cm³/mol. The number of anilines is 1. The molecule has 3 aromatic rings. The molecule has 0 aliphatic carbocycles. The van der Waals surface area contributed by atoms with E-state index in [9.17, 15) is 0 Å². The lowest BCUT2D eigenvalue weighted by molar-refractivity contribution is 0.706. The zero-order valence-corrected chi connectivity index (χ0v) is 15.2. The van der Waals surface area contributed by atoms with Crippen molar-refractivity contribution in [1.82, 2.24) is 4.98 Å². The van der Waals surface area contributed by atoms with Gasteiger partial charge in [-0.1, -0.05) is 35.9 Å². The van der Waals surface area contributed by atoms with Gasteiger partial charge in [0.1, 0.15) is 0 Å². The zero-order chi connectivity index (χ0) is 17.1. The second kappa shape index (κ2) is 5.15. The average molecular weight is 337 g/mol. The monoisotopic (exact) mass is 336 g/mol. The van der Waals surface area contributed by atoms with Crippen molar-refractivity contribution >= 4 is 33.8 Å². The fourth-order valence-corrected chi connectivity index (χ4v) is 4.11. The summed E-state index contributed by atoms with van der Waals surface area (Å²) in [5, 5.41) is 5.61. The van der Waals surface area contributed by atoms with Crippen LogP contribution in [0.25, 0.3) is 27.7 Å². The first kappa shape index (κ1) is 15.3. The summed E-state index contributed by atoms with van der Waals surface area (Å²) in [5.41, 5.74) is 7.87. The summed E-state index contributed by atoms with van der Waals surface area (Å²) in [6.45, 7) is 8.64. The largest absolute Gasteiger partial charge is 0.376 e. The zero-order valence-electron chi connectivity index (χ0n) is 14.4. The Morgan fingerprint density at radius 2 is 1.79 bits per heavy atom. The fourth-order valence-electron chi connectivity index (χ4n) is 3.71. The van der Waals surface area contributed by atoms with Crippen molar-refractivity contribution in [3.63, 3.8) is 0 Å². The van der Waals surface area contributed by atoms with E-state index >= 15 is 0 Å². The van der Waals surface area contributed by atoms with Crippen molar-refractivity contribution in [2.75, 3.05) is 5.32 Å². The van der Waals surface area contributed by atoms with E-state index in [1.165, 1.54) is 16.5 Å². The van der Waals surface area contributed by atoms with Crippen molar-refractivity contribution in [2.24, 2.45) is 0 Å². The molecule has 2 heterocycles. The van der Waals surface area contributed by atoms with Gasteiger partial charge in [0.2, 0.25) is 0 Å². The van der Waals surface area contributed by atoms with Gasteiger partial charge in [0.05, 0.1) is 10.6 Å². The Hall–Kier alpha value is -2.19. The molecule has 0 bridgehead atoms. The molecule has 1 aliphatic heterocycles. The molecule has 0 amide bonds.